The van der Waals surface area contributed by atoms with Gasteiger partial charge in [0.05, 0.1) is 22.8 Å². The van der Waals surface area contributed by atoms with Gasteiger partial charge in [-0.2, -0.15) is 0 Å². The number of anilines is 1. The summed E-state index contributed by atoms with van der Waals surface area (Å²) < 4.78 is 5.18. The Hall–Kier alpha value is -0.600. The first-order valence-electron chi connectivity index (χ1n) is 4.34. The number of benzene rings is 1. The first-order valence-corrected chi connectivity index (χ1v) is 5.09. The van der Waals surface area contributed by atoms with Gasteiger partial charge in [0, 0.05) is 12.1 Å². The summed E-state index contributed by atoms with van der Waals surface area (Å²) in [6, 6.07) is 3.79. The predicted octanol–water partition coefficient (Wildman–Crippen LogP) is 3.82. The molecule has 0 aliphatic rings. The van der Waals surface area contributed by atoms with Crippen LogP contribution in [0.5, 0.6) is 5.75 Å². The van der Waals surface area contributed by atoms with Crippen LogP contribution in [0.25, 0.3) is 0 Å². The summed E-state index contributed by atoms with van der Waals surface area (Å²) in [6.07, 6.45) is 0. The summed E-state index contributed by atoms with van der Waals surface area (Å²) in [5.74, 6) is 0.702. The second-order valence-electron chi connectivity index (χ2n) is 3.27. The van der Waals surface area contributed by atoms with E-state index in [1.807, 2.05) is 13.8 Å². The zero-order valence-electron chi connectivity index (χ0n) is 8.40. The molecule has 0 aliphatic heterocycles. The highest BCUT2D eigenvalue weighted by molar-refractivity contribution is 6.42. The van der Waals surface area contributed by atoms with E-state index >= 15 is 0 Å². The third-order valence-corrected chi connectivity index (χ3v) is 2.41. The van der Waals surface area contributed by atoms with E-state index < -0.39 is 0 Å². The summed E-state index contributed by atoms with van der Waals surface area (Å²) in [7, 11) is 1.60. The highest BCUT2D eigenvalue weighted by Gasteiger charge is 2.08. The van der Waals surface area contributed by atoms with Gasteiger partial charge in [0.1, 0.15) is 5.75 Å². The van der Waals surface area contributed by atoms with Gasteiger partial charge in [-0.25, -0.2) is 0 Å². The second-order valence-corrected chi connectivity index (χ2v) is 4.08. The van der Waals surface area contributed by atoms with Crippen molar-refractivity contribution in [1.29, 1.82) is 0 Å². The molecule has 0 aromatic heterocycles. The molecular formula is C10H13Cl2NO. The molecule has 0 saturated carbocycles. The van der Waals surface area contributed by atoms with Crippen LogP contribution in [-0.2, 0) is 0 Å². The quantitative estimate of drug-likeness (QED) is 0.858. The van der Waals surface area contributed by atoms with Crippen molar-refractivity contribution in [3.63, 3.8) is 0 Å². The van der Waals surface area contributed by atoms with Gasteiger partial charge >= 0.3 is 0 Å². The minimum absolute atomic E-state index is 0.321. The van der Waals surface area contributed by atoms with E-state index in [4.69, 9.17) is 27.9 Å². The van der Waals surface area contributed by atoms with Crippen LogP contribution in [-0.4, -0.2) is 13.2 Å². The molecule has 14 heavy (non-hydrogen) atoms. The first kappa shape index (κ1) is 11.5. The number of halogens is 2. The van der Waals surface area contributed by atoms with E-state index in [9.17, 15) is 0 Å². The van der Waals surface area contributed by atoms with Gasteiger partial charge in [-0.05, 0) is 19.9 Å². The van der Waals surface area contributed by atoms with Crippen LogP contribution in [0.2, 0.25) is 10.0 Å². The van der Waals surface area contributed by atoms with Crippen molar-refractivity contribution in [3.8, 4) is 5.75 Å². The maximum Gasteiger partial charge on any atom is 0.143 e. The standard InChI is InChI=1S/C10H13Cl2NO/c1-6(2)13-9-4-7(11)8(12)5-10(9)14-3/h4-6,13H,1-3H3. The Bertz CT molecular complexity index is 326. The monoisotopic (exact) mass is 233 g/mol. The molecule has 0 amide bonds. The van der Waals surface area contributed by atoms with Crippen LogP contribution in [0.3, 0.4) is 0 Å². The average Bonchev–Trinajstić information content (AvgIpc) is 2.10. The fourth-order valence-electron chi connectivity index (χ4n) is 1.12. The lowest BCUT2D eigenvalue weighted by molar-refractivity contribution is 0.416. The van der Waals surface area contributed by atoms with E-state index in [0.29, 0.717) is 21.8 Å². The molecule has 0 aliphatic carbocycles. The van der Waals surface area contributed by atoms with Crippen molar-refractivity contribution >= 4 is 28.9 Å². The van der Waals surface area contributed by atoms with Crippen LogP contribution < -0.4 is 10.1 Å². The van der Waals surface area contributed by atoms with E-state index in [1.165, 1.54) is 0 Å². The summed E-state index contributed by atoms with van der Waals surface area (Å²) in [5, 5.41) is 4.25. The molecule has 0 spiro atoms. The first-order chi connectivity index (χ1) is 6.54. The van der Waals surface area contributed by atoms with Gasteiger partial charge in [0.25, 0.3) is 0 Å². The number of hydrogen-bond acceptors (Lipinski definition) is 2. The molecule has 1 rings (SSSR count). The molecule has 0 atom stereocenters. The zero-order valence-corrected chi connectivity index (χ0v) is 9.91. The molecule has 0 bridgehead atoms. The second kappa shape index (κ2) is 4.76. The van der Waals surface area contributed by atoms with Crippen LogP contribution in [0.1, 0.15) is 13.8 Å². The summed E-state index contributed by atoms with van der Waals surface area (Å²) >= 11 is 11.8. The van der Waals surface area contributed by atoms with Crippen LogP contribution >= 0.6 is 23.2 Å². The third-order valence-electron chi connectivity index (χ3n) is 1.69. The minimum atomic E-state index is 0.321. The molecule has 0 unspecified atom stereocenters. The smallest absolute Gasteiger partial charge is 0.143 e. The minimum Gasteiger partial charge on any atom is -0.495 e. The van der Waals surface area contributed by atoms with Gasteiger partial charge in [-0.3, -0.25) is 0 Å². The number of hydrogen-bond donors (Lipinski definition) is 1. The van der Waals surface area contributed by atoms with Crippen molar-refractivity contribution < 1.29 is 4.74 Å². The normalized spacial score (nSPS) is 10.4. The molecule has 1 aromatic rings. The third kappa shape index (κ3) is 2.69. The average molecular weight is 234 g/mol. The molecule has 1 aromatic carbocycles. The summed E-state index contributed by atoms with van der Waals surface area (Å²) in [4.78, 5) is 0. The Morgan fingerprint density at radius 1 is 1.21 bits per heavy atom. The lowest BCUT2D eigenvalue weighted by Crippen LogP contribution is -2.10. The molecule has 0 heterocycles. The molecule has 0 fully saturated rings. The maximum atomic E-state index is 5.90. The Morgan fingerprint density at radius 2 is 1.79 bits per heavy atom. The van der Waals surface area contributed by atoms with Crippen LogP contribution in [0, 0.1) is 0 Å². The Kier molecular flexibility index (Phi) is 3.90. The molecule has 0 saturated heterocycles. The highest BCUT2D eigenvalue weighted by atomic mass is 35.5. The SMILES string of the molecule is COc1cc(Cl)c(Cl)cc1NC(C)C. The van der Waals surface area contributed by atoms with Crippen molar-refractivity contribution in [2.45, 2.75) is 19.9 Å². The molecule has 1 N–H and O–H groups in total. The van der Waals surface area contributed by atoms with Gasteiger partial charge in [0.15, 0.2) is 0 Å². The lowest BCUT2D eigenvalue weighted by Gasteiger charge is -2.14. The Morgan fingerprint density at radius 3 is 2.29 bits per heavy atom. The topological polar surface area (TPSA) is 21.3 Å². The number of nitrogens with one attached hydrogen (secondary N) is 1. The fraction of sp³-hybridized carbons (Fsp3) is 0.400. The zero-order chi connectivity index (χ0) is 10.7. The van der Waals surface area contributed by atoms with Crippen molar-refractivity contribution in [2.24, 2.45) is 0 Å². The van der Waals surface area contributed by atoms with Gasteiger partial charge in [-0.1, -0.05) is 23.2 Å². The number of rotatable bonds is 3. The predicted molar refractivity (Wildman–Crippen MR) is 61.8 cm³/mol. The largest absolute Gasteiger partial charge is 0.495 e. The van der Waals surface area contributed by atoms with E-state index in [-0.39, 0.29) is 0 Å². The Balaban J connectivity index is 3.07. The van der Waals surface area contributed by atoms with E-state index in [1.54, 1.807) is 19.2 Å². The van der Waals surface area contributed by atoms with E-state index in [0.717, 1.165) is 5.69 Å². The van der Waals surface area contributed by atoms with Crippen molar-refractivity contribution in [1.82, 2.24) is 0 Å². The Labute approximate surface area is 94.2 Å². The van der Waals surface area contributed by atoms with Crippen LogP contribution in [0.15, 0.2) is 12.1 Å². The lowest BCUT2D eigenvalue weighted by atomic mass is 10.2. The number of ether oxygens (including phenoxy) is 1. The van der Waals surface area contributed by atoms with Gasteiger partial charge in [-0.15, -0.1) is 0 Å². The molecule has 0 radical (unpaired) electrons. The molecular weight excluding hydrogens is 221 g/mol. The van der Waals surface area contributed by atoms with Crippen molar-refractivity contribution in [2.75, 3.05) is 12.4 Å². The molecule has 4 heteroatoms. The van der Waals surface area contributed by atoms with Crippen LogP contribution in [0.4, 0.5) is 5.69 Å². The van der Waals surface area contributed by atoms with Crippen molar-refractivity contribution in [3.05, 3.63) is 22.2 Å². The summed E-state index contributed by atoms with van der Waals surface area (Å²) in [6.45, 7) is 4.09. The maximum absolute atomic E-state index is 5.90. The summed E-state index contributed by atoms with van der Waals surface area (Å²) in [5.41, 5.74) is 0.858. The molecule has 78 valence electrons. The molecule has 2 nitrogen and oxygen atoms in total. The fourth-order valence-corrected chi connectivity index (χ4v) is 1.44. The van der Waals surface area contributed by atoms with Gasteiger partial charge < -0.3 is 10.1 Å². The van der Waals surface area contributed by atoms with Gasteiger partial charge in [0.2, 0.25) is 0 Å². The highest BCUT2D eigenvalue weighted by Crippen LogP contribution is 2.34. The van der Waals surface area contributed by atoms with E-state index in [2.05, 4.69) is 5.32 Å². The number of methoxy groups -OCH3 is 1.